The van der Waals surface area contributed by atoms with Crippen LogP contribution in [0.25, 0.3) is 16.3 Å². The molecular formula is C13H10ClNO4. The van der Waals surface area contributed by atoms with Crippen molar-refractivity contribution in [3.8, 4) is 0 Å². The number of hydrogen-bond acceptors (Lipinski definition) is 4. The average Bonchev–Trinajstić information content (AvgIpc) is 2.34. The van der Waals surface area contributed by atoms with E-state index >= 15 is 0 Å². The number of nitrogens with zero attached hydrogens (tertiary/aromatic N) is 1. The van der Waals surface area contributed by atoms with Crippen LogP contribution < -0.4 is 23.0 Å². The molecule has 0 atom stereocenters. The third-order valence-electron chi connectivity index (χ3n) is 2.50. The van der Waals surface area contributed by atoms with Crippen LogP contribution in [0.3, 0.4) is 0 Å². The Hall–Kier alpha value is -1.76. The molecule has 3 aromatic rings. The molecule has 5 nitrogen and oxygen atoms in total. The van der Waals surface area contributed by atoms with Gasteiger partial charge in [-0.05, 0) is 17.5 Å². The largest absolute Gasteiger partial charge is 0.222 e. The van der Waals surface area contributed by atoms with Crippen molar-refractivity contribution in [2.75, 3.05) is 0 Å². The van der Waals surface area contributed by atoms with Crippen LogP contribution in [0.4, 0.5) is 0 Å². The topological polar surface area (TPSA) is 96.3 Å². The lowest BCUT2D eigenvalue weighted by molar-refractivity contribution is -2.00. The molecule has 0 saturated heterocycles. The molecule has 1 aromatic carbocycles. The van der Waals surface area contributed by atoms with E-state index in [4.69, 9.17) is 18.6 Å². The van der Waals surface area contributed by atoms with E-state index in [0.29, 0.717) is 0 Å². The predicted octanol–water partition coefficient (Wildman–Crippen LogP) is -2.18. The van der Waals surface area contributed by atoms with Crippen LogP contribution >= 0.6 is 0 Å². The number of pyridine rings is 2. The van der Waals surface area contributed by atoms with Gasteiger partial charge in [-0.3, -0.25) is 0 Å². The molecular weight excluding hydrogens is 270 g/mol. The first-order valence-electron chi connectivity index (χ1n) is 5.34. The Kier molecular flexibility index (Phi) is 3.94. The van der Waals surface area contributed by atoms with Crippen molar-refractivity contribution in [2.24, 2.45) is 0 Å². The SMILES string of the molecule is [O-][Cl+3]([O-])([O-])[O-].c1ccc2c[n+]3ccccc3cc2c1. The lowest BCUT2D eigenvalue weighted by Crippen LogP contribution is -2.68. The van der Waals surface area contributed by atoms with Crippen LogP contribution in [0.1, 0.15) is 0 Å². The van der Waals surface area contributed by atoms with Crippen molar-refractivity contribution in [1.82, 2.24) is 0 Å². The standard InChI is InChI=1S/C13H10N.ClHO4/c1-2-6-12-10-14-8-4-3-7-13(14)9-11(12)5-1;2-1(3,4)5/h1-10H;(H,2,3,4,5)/q+1;/p-1. The second-order valence-corrected chi connectivity index (χ2v) is 4.57. The number of benzene rings is 1. The van der Waals surface area contributed by atoms with E-state index < -0.39 is 10.2 Å². The van der Waals surface area contributed by atoms with E-state index in [-0.39, 0.29) is 0 Å². The third kappa shape index (κ3) is 4.13. The summed E-state index contributed by atoms with van der Waals surface area (Å²) in [4.78, 5) is 0. The zero-order chi connectivity index (χ0) is 13.9. The lowest BCUT2D eigenvalue weighted by Gasteiger charge is -2.17. The fourth-order valence-corrected chi connectivity index (χ4v) is 1.78. The van der Waals surface area contributed by atoms with Gasteiger partial charge in [0, 0.05) is 23.6 Å². The van der Waals surface area contributed by atoms with Gasteiger partial charge in [-0.15, -0.1) is 10.2 Å². The molecule has 0 amide bonds. The average molecular weight is 280 g/mol. The molecule has 3 rings (SSSR count). The predicted molar refractivity (Wildman–Crippen MR) is 57.1 cm³/mol. The van der Waals surface area contributed by atoms with Gasteiger partial charge in [0.05, 0.1) is 0 Å². The van der Waals surface area contributed by atoms with Gasteiger partial charge in [-0.2, -0.15) is 4.40 Å². The Morgan fingerprint density at radius 1 is 0.789 bits per heavy atom. The highest BCUT2D eigenvalue weighted by Crippen LogP contribution is 2.12. The first-order chi connectivity index (χ1) is 8.93. The Labute approximate surface area is 111 Å². The molecule has 0 N–H and O–H groups in total. The third-order valence-corrected chi connectivity index (χ3v) is 2.50. The summed E-state index contributed by atoms with van der Waals surface area (Å²) in [5.74, 6) is 0. The fourth-order valence-electron chi connectivity index (χ4n) is 1.78. The Balaban J connectivity index is 0.000000232. The first kappa shape index (κ1) is 13.7. The first-order valence-corrected chi connectivity index (χ1v) is 6.57. The van der Waals surface area contributed by atoms with Crippen LogP contribution in [0.15, 0.2) is 60.9 Å². The lowest BCUT2D eigenvalue weighted by atomic mass is 10.1. The van der Waals surface area contributed by atoms with Crippen LogP contribution in [-0.2, 0) is 0 Å². The van der Waals surface area contributed by atoms with E-state index in [2.05, 4.69) is 59.3 Å². The van der Waals surface area contributed by atoms with Gasteiger partial charge in [-0.1, -0.05) is 18.2 Å². The van der Waals surface area contributed by atoms with Gasteiger partial charge in [-0.25, -0.2) is 18.6 Å². The van der Waals surface area contributed by atoms with Crippen LogP contribution in [0.2, 0.25) is 0 Å². The monoisotopic (exact) mass is 279 g/mol. The second kappa shape index (κ2) is 5.48. The number of aromatic nitrogens is 1. The summed E-state index contributed by atoms with van der Waals surface area (Å²) in [6, 6.07) is 16.8. The minimum absolute atomic E-state index is 1.23. The Bertz CT molecular complexity index is 586. The molecule has 0 fully saturated rings. The molecule has 2 aromatic heterocycles. The summed E-state index contributed by atoms with van der Waals surface area (Å²) >= 11 is 0. The molecule has 98 valence electrons. The second-order valence-electron chi connectivity index (χ2n) is 3.81. The van der Waals surface area contributed by atoms with Crippen molar-refractivity contribution in [1.29, 1.82) is 0 Å². The molecule has 0 spiro atoms. The molecule has 0 aliphatic carbocycles. The van der Waals surface area contributed by atoms with E-state index in [1.807, 2.05) is 6.07 Å². The van der Waals surface area contributed by atoms with Crippen molar-refractivity contribution in [3.05, 3.63) is 60.9 Å². The minimum atomic E-state index is -4.94. The van der Waals surface area contributed by atoms with Crippen LogP contribution in [0.5, 0.6) is 0 Å². The highest BCUT2D eigenvalue weighted by Gasteiger charge is 2.02. The highest BCUT2D eigenvalue weighted by atomic mass is 35.7. The van der Waals surface area contributed by atoms with Crippen LogP contribution in [-0.4, -0.2) is 0 Å². The summed E-state index contributed by atoms with van der Waals surface area (Å²) in [5, 5.41) is 2.56. The summed E-state index contributed by atoms with van der Waals surface area (Å²) in [5.41, 5.74) is 1.23. The molecule has 19 heavy (non-hydrogen) atoms. The Morgan fingerprint density at radius 3 is 2.05 bits per heavy atom. The molecule has 0 unspecified atom stereocenters. The van der Waals surface area contributed by atoms with E-state index in [0.717, 1.165) is 0 Å². The molecule has 0 radical (unpaired) electrons. The number of halogens is 1. The van der Waals surface area contributed by atoms with E-state index in [1.165, 1.54) is 16.3 Å². The summed E-state index contributed by atoms with van der Waals surface area (Å²) < 4.78 is 36.1. The minimum Gasteiger partial charge on any atom is -0.222 e. The van der Waals surface area contributed by atoms with Gasteiger partial charge in [0.15, 0.2) is 12.4 Å². The van der Waals surface area contributed by atoms with Gasteiger partial charge in [0.2, 0.25) is 5.52 Å². The molecule has 0 aliphatic heterocycles. The van der Waals surface area contributed by atoms with Crippen molar-refractivity contribution in [2.45, 2.75) is 0 Å². The summed E-state index contributed by atoms with van der Waals surface area (Å²) in [6.07, 6.45) is 4.23. The number of fused-ring (bicyclic) bond motifs is 2. The molecule has 6 heteroatoms. The number of hydrogen-bond donors (Lipinski definition) is 0. The van der Waals surface area contributed by atoms with E-state index in [1.54, 1.807) is 0 Å². The highest BCUT2D eigenvalue weighted by molar-refractivity contribution is 5.83. The Morgan fingerprint density at radius 2 is 1.37 bits per heavy atom. The summed E-state index contributed by atoms with van der Waals surface area (Å²) in [7, 11) is -4.94. The molecule has 2 heterocycles. The molecule has 0 aliphatic rings. The normalized spacial score (nSPS) is 11.2. The van der Waals surface area contributed by atoms with E-state index in [9.17, 15) is 0 Å². The van der Waals surface area contributed by atoms with Gasteiger partial charge in [0.1, 0.15) is 0 Å². The number of rotatable bonds is 0. The van der Waals surface area contributed by atoms with Crippen molar-refractivity contribution < 1.29 is 33.3 Å². The maximum Gasteiger partial charge on any atom is 0.211 e. The zero-order valence-electron chi connectivity index (χ0n) is 9.73. The van der Waals surface area contributed by atoms with Crippen molar-refractivity contribution in [3.63, 3.8) is 0 Å². The smallest absolute Gasteiger partial charge is 0.211 e. The zero-order valence-corrected chi connectivity index (χ0v) is 10.5. The van der Waals surface area contributed by atoms with Gasteiger partial charge in [0.25, 0.3) is 0 Å². The maximum atomic E-state index is 8.49. The quantitative estimate of drug-likeness (QED) is 0.345. The van der Waals surface area contributed by atoms with Crippen molar-refractivity contribution >= 4 is 16.3 Å². The van der Waals surface area contributed by atoms with Crippen LogP contribution in [0, 0.1) is 10.2 Å². The van der Waals surface area contributed by atoms with Gasteiger partial charge < -0.3 is 0 Å². The maximum absolute atomic E-state index is 8.49. The van der Waals surface area contributed by atoms with Gasteiger partial charge >= 0.3 is 0 Å². The fraction of sp³-hybridized carbons (Fsp3) is 0. The molecule has 0 saturated carbocycles. The summed E-state index contributed by atoms with van der Waals surface area (Å²) in [6.45, 7) is 0. The molecule has 0 bridgehead atoms.